The molecule has 1 amide bonds. The van der Waals surface area contributed by atoms with Gasteiger partial charge in [0.15, 0.2) is 0 Å². The van der Waals surface area contributed by atoms with Gasteiger partial charge in [-0.25, -0.2) is 5.48 Å². The van der Waals surface area contributed by atoms with E-state index in [9.17, 15) is 9.90 Å². The number of hydrogen-bond donors (Lipinski definition) is 4. The summed E-state index contributed by atoms with van der Waals surface area (Å²) < 4.78 is 5.26. The Morgan fingerprint density at radius 1 is 1.36 bits per heavy atom. The molecule has 1 rings (SSSR count). The highest BCUT2D eigenvalue weighted by Gasteiger charge is 2.16. The fourth-order valence-corrected chi connectivity index (χ4v) is 1.93. The molecule has 0 saturated carbocycles. The first-order valence-electron chi connectivity index (χ1n) is 7.12. The maximum atomic E-state index is 11.2. The molecule has 6 heteroatoms. The molecule has 0 bridgehead atoms. The monoisotopic (exact) mass is 309 g/mol. The topological polar surface area (TPSA) is 99.0 Å². The molecule has 0 aromatic heterocycles. The first-order valence-corrected chi connectivity index (χ1v) is 7.12. The van der Waals surface area contributed by atoms with Crippen molar-refractivity contribution < 1.29 is 25.0 Å². The lowest BCUT2D eigenvalue weighted by atomic mass is 9.94. The van der Waals surface area contributed by atoms with Crippen LogP contribution >= 0.6 is 0 Å². The molecule has 0 aliphatic rings. The van der Waals surface area contributed by atoms with E-state index in [1.165, 1.54) is 0 Å². The van der Waals surface area contributed by atoms with Crippen molar-refractivity contribution in [1.29, 1.82) is 0 Å². The second-order valence-electron chi connectivity index (χ2n) is 5.13. The lowest BCUT2D eigenvalue weighted by Crippen LogP contribution is -2.19. The SMILES string of the molecule is C/C(=C\C[C@H](C)[C@@H](O)c1ccc(OCCO)cc1)C(=O)NO. The molecule has 0 heterocycles. The number of allylic oxidation sites excluding steroid dienone is 1. The molecule has 0 radical (unpaired) electrons. The molecule has 0 aliphatic heterocycles. The van der Waals surface area contributed by atoms with Crippen molar-refractivity contribution in [3.05, 3.63) is 41.5 Å². The van der Waals surface area contributed by atoms with E-state index in [0.717, 1.165) is 5.56 Å². The highest BCUT2D eigenvalue weighted by atomic mass is 16.5. The van der Waals surface area contributed by atoms with Gasteiger partial charge in [-0.2, -0.15) is 0 Å². The number of hydrogen-bond acceptors (Lipinski definition) is 5. The van der Waals surface area contributed by atoms with Gasteiger partial charge in [0.25, 0.3) is 5.91 Å². The average molecular weight is 309 g/mol. The lowest BCUT2D eigenvalue weighted by Gasteiger charge is -2.18. The third-order valence-corrected chi connectivity index (χ3v) is 3.38. The number of amides is 1. The normalized spacial score (nSPS) is 14.3. The van der Waals surface area contributed by atoms with Crippen molar-refractivity contribution in [2.75, 3.05) is 13.2 Å². The summed E-state index contributed by atoms with van der Waals surface area (Å²) >= 11 is 0. The summed E-state index contributed by atoms with van der Waals surface area (Å²) in [6, 6.07) is 7.01. The minimum absolute atomic E-state index is 0.0471. The van der Waals surface area contributed by atoms with Gasteiger partial charge in [0.2, 0.25) is 0 Å². The van der Waals surface area contributed by atoms with Crippen LogP contribution in [0.25, 0.3) is 0 Å². The van der Waals surface area contributed by atoms with E-state index in [-0.39, 0.29) is 19.1 Å². The molecule has 4 N–H and O–H groups in total. The Balaban J connectivity index is 2.62. The summed E-state index contributed by atoms with van der Waals surface area (Å²) in [6.07, 6.45) is 1.51. The fourth-order valence-electron chi connectivity index (χ4n) is 1.93. The Bertz CT molecular complexity index is 498. The minimum atomic E-state index is -0.673. The molecular weight excluding hydrogens is 286 g/mol. The molecule has 0 spiro atoms. The molecule has 1 aromatic rings. The Hall–Kier alpha value is -1.89. The van der Waals surface area contributed by atoms with Crippen molar-refractivity contribution in [2.24, 2.45) is 5.92 Å². The Labute approximate surface area is 130 Å². The van der Waals surface area contributed by atoms with Crippen LogP contribution in [0.1, 0.15) is 31.9 Å². The van der Waals surface area contributed by atoms with Crippen LogP contribution in [-0.4, -0.2) is 34.5 Å². The molecule has 2 atom stereocenters. The zero-order valence-corrected chi connectivity index (χ0v) is 12.8. The van der Waals surface area contributed by atoms with Crippen molar-refractivity contribution in [3.8, 4) is 5.75 Å². The molecule has 22 heavy (non-hydrogen) atoms. The summed E-state index contributed by atoms with van der Waals surface area (Å²) in [4.78, 5) is 11.2. The highest BCUT2D eigenvalue weighted by Crippen LogP contribution is 2.26. The number of aliphatic hydroxyl groups is 2. The van der Waals surface area contributed by atoms with Gasteiger partial charge in [0.05, 0.1) is 12.7 Å². The van der Waals surface area contributed by atoms with Crippen LogP contribution < -0.4 is 10.2 Å². The van der Waals surface area contributed by atoms with Crippen LogP contribution in [0.2, 0.25) is 0 Å². The van der Waals surface area contributed by atoms with Gasteiger partial charge in [-0.15, -0.1) is 0 Å². The van der Waals surface area contributed by atoms with Crippen LogP contribution in [0.15, 0.2) is 35.9 Å². The van der Waals surface area contributed by atoms with Gasteiger partial charge in [0.1, 0.15) is 12.4 Å². The summed E-state index contributed by atoms with van der Waals surface area (Å²) in [7, 11) is 0. The van der Waals surface area contributed by atoms with Gasteiger partial charge in [-0.1, -0.05) is 25.1 Å². The summed E-state index contributed by atoms with van der Waals surface area (Å²) in [5.41, 5.74) is 2.72. The molecule has 122 valence electrons. The van der Waals surface area contributed by atoms with Crippen molar-refractivity contribution in [3.63, 3.8) is 0 Å². The summed E-state index contributed by atoms with van der Waals surface area (Å²) in [5.74, 6) is -0.00858. The third-order valence-electron chi connectivity index (χ3n) is 3.38. The molecule has 0 aliphatic carbocycles. The van der Waals surface area contributed by atoms with E-state index in [0.29, 0.717) is 17.7 Å². The third kappa shape index (κ3) is 5.48. The van der Waals surface area contributed by atoms with E-state index < -0.39 is 12.0 Å². The smallest absolute Gasteiger partial charge is 0.269 e. The first-order chi connectivity index (χ1) is 10.5. The van der Waals surface area contributed by atoms with Gasteiger partial charge in [0, 0.05) is 5.57 Å². The van der Waals surface area contributed by atoms with Crippen LogP contribution in [0.4, 0.5) is 0 Å². The predicted octanol–water partition coefficient (Wildman–Crippen LogP) is 1.57. The maximum Gasteiger partial charge on any atom is 0.269 e. The quantitative estimate of drug-likeness (QED) is 0.332. The van der Waals surface area contributed by atoms with Crippen LogP contribution in [-0.2, 0) is 4.79 Å². The standard InChI is InChI=1S/C16H23NO5/c1-11(3-4-12(2)16(20)17-21)15(19)13-5-7-14(8-6-13)22-10-9-18/h4-8,11,15,18-19,21H,3,9-10H2,1-2H3,(H,17,20)/b12-4+/t11-,15+/m0/s1. The molecule has 0 unspecified atom stereocenters. The van der Waals surface area contributed by atoms with Gasteiger partial charge in [-0.05, 0) is 37.0 Å². The highest BCUT2D eigenvalue weighted by molar-refractivity contribution is 5.91. The molecule has 6 nitrogen and oxygen atoms in total. The Kier molecular flexibility index (Phi) is 7.59. The number of benzene rings is 1. The van der Waals surface area contributed by atoms with Gasteiger partial charge < -0.3 is 14.9 Å². The summed E-state index contributed by atoms with van der Waals surface area (Å²) in [6.45, 7) is 3.66. The second kappa shape index (κ2) is 9.19. The van der Waals surface area contributed by atoms with Crippen LogP contribution in [0.5, 0.6) is 5.75 Å². The van der Waals surface area contributed by atoms with E-state index in [1.54, 1.807) is 42.7 Å². The Morgan fingerprint density at radius 2 is 2.00 bits per heavy atom. The zero-order chi connectivity index (χ0) is 16.5. The van der Waals surface area contributed by atoms with E-state index in [2.05, 4.69) is 0 Å². The fraction of sp³-hybridized carbons (Fsp3) is 0.438. The lowest BCUT2D eigenvalue weighted by molar-refractivity contribution is -0.125. The number of aliphatic hydroxyl groups excluding tert-OH is 2. The minimum Gasteiger partial charge on any atom is -0.491 e. The first kappa shape index (κ1) is 18.2. The predicted molar refractivity (Wildman–Crippen MR) is 81.4 cm³/mol. The number of carbonyl (C=O) groups is 1. The number of ether oxygens (including phenoxy) is 1. The van der Waals surface area contributed by atoms with Gasteiger partial charge >= 0.3 is 0 Å². The second-order valence-corrected chi connectivity index (χ2v) is 5.13. The van der Waals surface area contributed by atoms with Crippen LogP contribution in [0, 0.1) is 5.92 Å². The number of hydroxylamine groups is 1. The van der Waals surface area contributed by atoms with Gasteiger partial charge in [-0.3, -0.25) is 10.0 Å². The number of nitrogens with one attached hydrogen (secondary N) is 1. The largest absolute Gasteiger partial charge is 0.491 e. The molecule has 1 aromatic carbocycles. The van der Waals surface area contributed by atoms with E-state index >= 15 is 0 Å². The Morgan fingerprint density at radius 3 is 2.55 bits per heavy atom. The molecule has 0 fully saturated rings. The van der Waals surface area contributed by atoms with Crippen molar-refractivity contribution >= 4 is 5.91 Å². The number of carbonyl (C=O) groups excluding carboxylic acids is 1. The average Bonchev–Trinajstić information content (AvgIpc) is 2.56. The molecular formula is C16H23NO5. The molecule has 0 saturated heterocycles. The van der Waals surface area contributed by atoms with Crippen LogP contribution in [0.3, 0.4) is 0 Å². The maximum absolute atomic E-state index is 11.2. The van der Waals surface area contributed by atoms with Crippen molar-refractivity contribution in [2.45, 2.75) is 26.4 Å². The number of rotatable bonds is 8. The van der Waals surface area contributed by atoms with Crippen molar-refractivity contribution in [1.82, 2.24) is 5.48 Å². The zero-order valence-electron chi connectivity index (χ0n) is 12.8. The van der Waals surface area contributed by atoms with E-state index in [4.69, 9.17) is 15.1 Å². The summed E-state index contributed by atoms with van der Waals surface area (Å²) in [5, 5.41) is 27.5. The van der Waals surface area contributed by atoms with E-state index in [1.807, 2.05) is 6.92 Å².